The SMILES string of the molecule is COc1ccc(-c2cn(CCN)c(C)n2)cc1F. The van der Waals surface area contributed by atoms with Gasteiger partial charge in [0.05, 0.1) is 12.8 Å². The maximum Gasteiger partial charge on any atom is 0.165 e. The number of nitrogens with two attached hydrogens (primary N) is 1. The molecule has 0 aliphatic rings. The summed E-state index contributed by atoms with van der Waals surface area (Å²) in [6.07, 6.45) is 1.88. The van der Waals surface area contributed by atoms with Gasteiger partial charge in [-0.2, -0.15) is 0 Å². The van der Waals surface area contributed by atoms with Crippen molar-refractivity contribution in [2.24, 2.45) is 5.73 Å². The Morgan fingerprint density at radius 2 is 2.22 bits per heavy atom. The normalized spacial score (nSPS) is 10.7. The molecule has 96 valence electrons. The minimum absolute atomic E-state index is 0.233. The van der Waals surface area contributed by atoms with Gasteiger partial charge in [0, 0.05) is 24.8 Å². The fraction of sp³-hybridized carbons (Fsp3) is 0.308. The molecule has 0 saturated heterocycles. The summed E-state index contributed by atoms with van der Waals surface area (Å²) < 4.78 is 20.5. The van der Waals surface area contributed by atoms with Crippen LogP contribution in [0.5, 0.6) is 5.75 Å². The summed E-state index contributed by atoms with van der Waals surface area (Å²) in [6, 6.07) is 4.81. The van der Waals surface area contributed by atoms with Crippen molar-refractivity contribution < 1.29 is 9.13 Å². The van der Waals surface area contributed by atoms with Gasteiger partial charge in [-0.1, -0.05) is 0 Å². The zero-order valence-corrected chi connectivity index (χ0v) is 10.5. The molecule has 0 aliphatic heterocycles. The topological polar surface area (TPSA) is 53.1 Å². The molecule has 4 nitrogen and oxygen atoms in total. The zero-order valence-electron chi connectivity index (χ0n) is 10.5. The first kappa shape index (κ1) is 12.6. The summed E-state index contributed by atoms with van der Waals surface area (Å²) in [5, 5.41) is 0. The summed E-state index contributed by atoms with van der Waals surface area (Å²) in [5.41, 5.74) is 6.98. The number of ether oxygens (including phenoxy) is 1. The molecule has 2 aromatic rings. The largest absolute Gasteiger partial charge is 0.494 e. The van der Waals surface area contributed by atoms with Gasteiger partial charge < -0.3 is 15.0 Å². The number of hydrogen-bond acceptors (Lipinski definition) is 3. The first-order valence-electron chi connectivity index (χ1n) is 5.73. The molecule has 5 heteroatoms. The van der Waals surface area contributed by atoms with Crippen LogP contribution in [-0.2, 0) is 6.54 Å². The van der Waals surface area contributed by atoms with E-state index >= 15 is 0 Å². The van der Waals surface area contributed by atoms with Gasteiger partial charge in [0.15, 0.2) is 11.6 Å². The lowest BCUT2D eigenvalue weighted by Crippen LogP contribution is -2.10. The van der Waals surface area contributed by atoms with Crippen LogP contribution in [0.2, 0.25) is 0 Å². The number of aromatic nitrogens is 2. The predicted octanol–water partition coefficient (Wildman–Crippen LogP) is 1.96. The second-order valence-electron chi connectivity index (χ2n) is 4.00. The number of benzene rings is 1. The van der Waals surface area contributed by atoms with Crippen LogP contribution in [0.4, 0.5) is 4.39 Å². The standard InChI is InChI=1S/C13H16FN3O/c1-9-16-12(8-17(9)6-5-15)10-3-4-13(18-2)11(14)7-10/h3-4,7-8H,5-6,15H2,1-2H3. The van der Waals surface area contributed by atoms with Crippen LogP contribution in [0.3, 0.4) is 0 Å². The van der Waals surface area contributed by atoms with Crippen LogP contribution in [0.1, 0.15) is 5.82 Å². The monoisotopic (exact) mass is 249 g/mol. The summed E-state index contributed by atoms with van der Waals surface area (Å²) in [5.74, 6) is 0.713. The van der Waals surface area contributed by atoms with Crippen molar-refractivity contribution in [2.75, 3.05) is 13.7 Å². The van der Waals surface area contributed by atoms with E-state index in [1.807, 2.05) is 17.7 Å². The molecule has 0 unspecified atom stereocenters. The van der Waals surface area contributed by atoms with Crippen LogP contribution in [-0.4, -0.2) is 23.2 Å². The van der Waals surface area contributed by atoms with Gasteiger partial charge in [0.1, 0.15) is 5.82 Å². The smallest absolute Gasteiger partial charge is 0.165 e. The Labute approximate surface area is 105 Å². The van der Waals surface area contributed by atoms with Crippen molar-refractivity contribution in [3.63, 3.8) is 0 Å². The molecule has 0 bridgehead atoms. The Morgan fingerprint density at radius 3 is 2.83 bits per heavy atom. The number of hydrogen-bond donors (Lipinski definition) is 1. The Hall–Kier alpha value is -1.88. The van der Waals surface area contributed by atoms with Gasteiger partial charge in [0.2, 0.25) is 0 Å². The third-order valence-electron chi connectivity index (χ3n) is 2.79. The highest BCUT2D eigenvalue weighted by Crippen LogP contribution is 2.24. The minimum atomic E-state index is -0.388. The van der Waals surface area contributed by atoms with E-state index in [9.17, 15) is 4.39 Å². The van der Waals surface area contributed by atoms with Gasteiger partial charge in [-0.3, -0.25) is 0 Å². The lowest BCUT2D eigenvalue weighted by molar-refractivity contribution is 0.386. The highest BCUT2D eigenvalue weighted by atomic mass is 19.1. The lowest BCUT2D eigenvalue weighted by atomic mass is 10.1. The Morgan fingerprint density at radius 1 is 1.44 bits per heavy atom. The fourth-order valence-corrected chi connectivity index (χ4v) is 1.84. The number of aryl methyl sites for hydroxylation is 1. The number of imidazole rings is 1. The Bertz CT molecular complexity index is 551. The van der Waals surface area contributed by atoms with E-state index in [1.165, 1.54) is 13.2 Å². The number of rotatable bonds is 4. The number of nitrogens with zero attached hydrogens (tertiary/aromatic N) is 2. The van der Waals surface area contributed by atoms with Gasteiger partial charge >= 0.3 is 0 Å². The third-order valence-corrected chi connectivity index (χ3v) is 2.79. The third kappa shape index (κ3) is 2.36. The lowest BCUT2D eigenvalue weighted by Gasteiger charge is -2.03. The molecule has 0 aliphatic carbocycles. The molecule has 2 N–H and O–H groups in total. The molecule has 0 amide bonds. The summed E-state index contributed by atoms with van der Waals surface area (Å²) in [6.45, 7) is 3.16. The van der Waals surface area contributed by atoms with Crippen molar-refractivity contribution in [3.8, 4) is 17.0 Å². The molecule has 0 saturated carbocycles. The molecule has 0 fully saturated rings. The van der Waals surface area contributed by atoms with Gasteiger partial charge in [0.25, 0.3) is 0 Å². The van der Waals surface area contributed by atoms with Crippen LogP contribution in [0.25, 0.3) is 11.3 Å². The summed E-state index contributed by atoms with van der Waals surface area (Å²) in [7, 11) is 1.44. The van der Waals surface area contributed by atoms with Gasteiger partial charge in [-0.05, 0) is 25.1 Å². The average Bonchev–Trinajstić information content (AvgIpc) is 2.71. The highest BCUT2D eigenvalue weighted by molar-refractivity contribution is 5.60. The second kappa shape index (κ2) is 5.18. The van der Waals surface area contributed by atoms with E-state index in [0.717, 1.165) is 17.1 Å². The molecule has 18 heavy (non-hydrogen) atoms. The van der Waals surface area contributed by atoms with Crippen LogP contribution >= 0.6 is 0 Å². The quantitative estimate of drug-likeness (QED) is 0.901. The van der Waals surface area contributed by atoms with Gasteiger partial charge in [-0.25, -0.2) is 9.37 Å². The highest BCUT2D eigenvalue weighted by Gasteiger charge is 2.09. The first-order valence-corrected chi connectivity index (χ1v) is 5.73. The Kier molecular flexibility index (Phi) is 3.62. The van der Waals surface area contributed by atoms with E-state index < -0.39 is 0 Å². The van der Waals surface area contributed by atoms with E-state index in [4.69, 9.17) is 10.5 Å². The molecule has 1 aromatic heterocycles. The van der Waals surface area contributed by atoms with Crippen molar-refractivity contribution in [1.29, 1.82) is 0 Å². The minimum Gasteiger partial charge on any atom is -0.494 e. The van der Waals surface area contributed by atoms with E-state index in [0.29, 0.717) is 13.1 Å². The average molecular weight is 249 g/mol. The Balaban J connectivity index is 2.36. The van der Waals surface area contributed by atoms with Crippen molar-refractivity contribution in [3.05, 3.63) is 36.0 Å². The molecule has 0 atom stereocenters. The maximum atomic E-state index is 13.6. The molecule has 2 rings (SSSR count). The van der Waals surface area contributed by atoms with Crippen molar-refractivity contribution in [2.45, 2.75) is 13.5 Å². The van der Waals surface area contributed by atoms with Crippen LogP contribution in [0, 0.1) is 12.7 Å². The van der Waals surface area contributed by atoms with E-state index in [2.05, 4.69) is 4.98 Å². The summed E-state index contributed by atoms with van der Waals surface area (Å²) >= 11 is 0. The van der Waals surface area contributed by atoms with Crippen LogP contribution in [0.15, 0.2) is 24.4 Å². The first-order chi connectivity index (χ1) is 8.65. The van der Waals surface area contributed by atoms with E-state index in [1.54, 1.807) is 12.1 Å². The molecule has 1 aromatic carbocycles. The second-order valence-corrected chi connectivity index (χ2v) is 4.00. The summed E-state index contributed by atoms with van der Waals surface area (Å²) in [4.78, 5) is 4.40. The molecule has 0 radical (unpaired) electrons. The van der Waals surface area contributed by atoms with Crippen molar-refractivity contribution in [1.82, 2.24) is 9.55 Å². The van der Waals surface area contributed by atoms with E-state index in [-0.39, 0.29) is 11.6 Å². The fourth-order valence-electron chi connectivity index (χ4n) is 1.84. The number of halogens is 1. The molecule has 0 spiro atoms. The predicted molar refractivity (Wildman–Crippen MR) is 68.0 cm³/mol. The molecule has 1 heterocycles. The zero-order chi connectivity index (χ0) is 13.1. The van der Waals surface area contributed by atoms with Crippen LogP contribution < -0.4 is 10.5 Å². The van der Waals surface area contributed by atoms with Gasteiger partial charge in [-0.15, -0.1) is 0 Å². The number of methoxy groups -OCH3 is 1. The maximum absolute atomic E-state index is 13.6. The van der Waals surface area contributed by atoms with Crippen molar-refractivity contribution >= 4 is 0 Å². The molecular formula is C13H16FN3O. The molecular weight excluding hydrogens is 233 g/mol.